The Morgan fingerprint density at radius 3 is 2.42 bits per heavy atom. The minimum absolute atomic E-state index is 0.0655. The fourth-order valence-electron chi connectivity index (χ4n) is 5.54. The number of hydrogen-bond donors (Lipinski definition) is 2. The van der Waals surface area contributed by atoms with Crippen molar-refractivity contribution in [2.45, 2.75) is 52.6 Å². The summed E-state index contributed by atoms with van der Waals surface area (Å²) in [5.41, 5.74) is 3.29. The number of anilines is 1. The van der Waals surface area contributed by atoms with Crippen molar-refractivity contribution in [1.29, 1.82) is 0 Å². The Morgan fingerprint density at radius 2 is 1.77 bits per heavy atom. The van der Waals surface area contributed by atoms with Crippen LogP contribution in [0.15, 0.2) is 36.4 Å². The Labute approximate surface area is 239 Å². The molecule has 8 nitrogen and oxygen atoms in total. The number of rotatable bonds is 8. The van der Waals surface area contributed by atoms with Gasteiger partial charge in [0.1, 0.15) is 16.9 Å². The number of methoxy groups -OCH3 is 3. The van der Waals surface area contributed by atoms with Crippen molar-refractivity contribution in [3.8, 4) is 23.0 Å². The van der Waals surface area contributed by atoms with Crippen LogP contribution >= 0.6 is 11.3 Å². The van der Waals surface area contributed by atoms with Crippen molar-refractivity contribution in [3.63, 3.8) is 0 Å². The molecule has 0 saturated heterocycles. The van der Waals surface area contributed by atoms with Crippen molar-refractivity contribution in [2.24, 2.45) is 11.3 Å². The van der Waals surface area contributed by atoms with Gasteiger partial charge in [0.05, 0.1) is 32.5 Å². The number of amides is 1. The summed E-state index contributed by atoms with van der Waals surface area (Å²) < 4.78 is 21.7. The van der Waals surface area contributed by atoms with Gasteiger partial charge in [-0.3, -0.25) is 4.79 Å². The third kappa shape index (κ3) is 5.10. The van der Waals surface area contributed by atoms with E-state index in [2.05, 4.69) is 31.4 Å². The number of thiophene rings is 1. The number of fused-ring (bicyclic) bond motifs is 3. The Kier molecular flexibility index (Phi) is 7.68. The van der Waals surface area contributed by atoms with Crippen LogP contribution in [-0.4, -0.2) is 33.2 Å². The molecule has 2 aliphatic rings. The van der Waals surface area contributed by atoms with Crippen molar-refractivity contribution in [2.75, 3.05) is 26.6 Å². The predicted molar refractivity (Wildman–Crippen MR) is 155 cm³/mol. The Bertz CT molecular complexity index is 1420. The van der Waals surface area contributed by atoms with Crippen LogP contribution in [-0.2, 0) is 12.8 Å². The molecule has 0 fully saturated rings. The minimum Gasteiger partial charge on any atom is -0.493 e. The van der Waals surface area contributed by atoms with Crippen LogP contribution in [0.3, 0.4) is 0 Å². The number of esters is 1. The molecule has 0 radical (unpaired) electrons. The molecule has 40 heavy (non-hydrogen) atoms. The molecule has 0 bridgehead atoms. The van der Waals surface area contributed by atoms with Gasteiger partial charge in [-0.25, -0.2) is 4.79 Å². The standard InChI is InChI=1S/C31H36N2O6S/c1-7-31(2,3)19-11-12-21-24(16-19)40-29-25(21)28(34)32-27(33-29)17-9-8-10-20(13-17)39-30(35)18-14-22(36-4)26(38-6)23(15-18)37-5/h8-10,13-15,19,27,33H,7,11-12,16H2,1-6H3,(H,32,34)/t19-,27-/m1/s1. The smallest absolute Gasteiger partial charge is 0.343 e. The third-order valence-corrected chi connectivity index (χ3v) is 9.55. The monoisotopic (exact) mass is 564 g/mol. The highest BCUT2D eigenvalue weighted by Crippen LogP contribution is 2.47. The minimum atomic E-state index is -0.574. The quantitative estimate of drug-likeness (QED) is 0.242. The van der Waals surface area contributed by atoms with Crippen LogP contribution in [0, 0.1) is 11.3 Å². The molecule has 0 spiro atoms. The molecule has 2 aromatic carbocycles. The molecule has 2 heterocycles. The normalized spacial score (nSPS) is 18.1. The van der Waals surface area contributed by atoms with Crippen LogP contribution < -0.4 is 29.6 Å². The second kappa shape index (κ2) is 11.0. The van der Waals surface area contributed by atoms with E-state index in [9.17, 15) is 9.59 Å². The van der Waals surface area contributed by atoms with Gasteiger partial charge in [0, 0.05) is 4.88 Å². The van der Waals surface area contributed by atoms with E-state index in [0.717, 1.165) is 41.8 Å². The molecular weight excluding hydrogens is 528 g/mol. The Hall–Kier alpha value is -3.72. The first-order valence-electron chi connectivity index (χ1n) is 13.5. The molecule has 0 unspecified atom stereocenters. The van der Waals surface area contributed by atoms with E-state index in [1.165, 1.54) is 31.8 Å². The lowest BCUT2D eigenvalue weighted by atomic mass is 9.69. The second-order valence-corrected chi connectivity index (χ2v) is 12.0. The van der Waals surface area contributed by atoms with Gasteiger partial charge < -0.3 is 29.6 Å². The number of benzene rings is 2. The molecule has 1 aliphatic heterocycles. The van der Waals surface area contributed by atoms with Gasteiger partial charge in [-0.05, 0) is 66.0 Å². The summed E-state index contributed by atoms with van der Waals surface area (Å²) in [5.74, 6) is 1.43. The molecule has 0 saturated carbocycles. The van der Waals surface area contributed by atoms with Crippen molar-refractivity contribution < 1.29 is 28.5 Å². The molecule has 212 valence electrons. The predicted octanol–water partition coefficient (Wildman–Crippen LogP) is 6.39. The number of carbonyl (C=O) groups is 2. The first-order valence-corrected chi connectivity index (χ1v) is 14.3. The van der Waals surface area contributed by atoms with Gasteiger partial charge in [0.2, 0.25) is 5.75 Å². The maximum absolute atomic E-state index is 13.3. The van der Waals surface area contributed by atoms with Crippen LogP contribution in [0.25, 0.3) is 0 Å². The molecule has 1 aliphatic carbocycles. The summed E-state index contributed by atoms with van der Waals surface area (Å²) in [4.78, 5) is 27.6. The van der Waals surface area contributed by atoms with Gasteiger partial charge in [0.25, 0.3) is 5.91 Å². The largest absolute Gasteiger partial charge is 0.493 e. The molecular formula is C31H36N2O6S. The molecule has 5 rings (SSSR count). The lowest BCUT2D eigenvalue weighted by Gasteiger charge is -2.36. The zero-order valence-corrected chi connectivity index (χ0v) is 24.6. The van der Waals surface area contributed by atoms with Gasteiger partial charge in [0.15, 0.2) is 11.5 Å². The highest BCUT2D eigenvalue weighted by Gasteiger charge is 2.37. The van der Waals surface area contributed by atoms with Gasteiger partial charge in [-0.2, -0.15) is 0 Å². The maximum atomic E-state index is 13.3. The maximum Gasteiger partial charge on any atom is 0.343 e. The fourth-order valence-corrected chi connectivity index (χ4v) is 6.90. The van der Waals surface area contributed by atoms with Crippen molar-refractivity contribution >= 4 is 28.2 Å². The number of nitrogens with one attached hydrogen (secondary N) is 2. The van der Waals surface area contributed by atoms with Gasteiger partial charge in [-0.15, -0.1) is 11.3 Å². The summed E-state index contributed by atoms with van der Waals surface area (Å²) in [6.07, 6.45) is 3.75. The first-order chi connectivity index (χ1) is 19.2. The summed E-state index contributed by atoms with van der Waals surface area (Å²) in [5, 5.41) is 7.54. The second-order valence-electron chi connectivity index (χ2n) is 10.9. The van der Waals surface area contributed by atoms with Gasteiger partial charge in [-0.1, -0.05) is 39.3 Å². The van der Waals surface area contributed by atoms with E-state index in [1.54, 1.807) is 41.7 Å². The highest BCUT2D eigenvalue weighted by atomic mass is 32.1. The molecule has 1 amide bonds. The average molecular weight is 565 g/mol. The van der Waals surface area contributed by atoms with Crippen LogP contribution in [0.1, 0.15) is 76.5 Å². The zero-order chi connectivity index (χ0) is 28.6. The van der Waals surface area contributed by atoms with E-state index >= 15 is 0 Å². The van der Waals surface area contributed by atoms with E-state index < -0.39 is 12.1 Å². The van der Waals surface area contributed by atoms with Crippen LogP contribution in [0.5, 0.6) is 23.0 Å². The summed E-state index contributed by atoms with van der Waals surface area (Å²) in [6, 6.07) is 10.2. The fraction of sp³-hybridized carbons (Fsp3) is 0.419. The summed E-state index contributed by atoms with van der Waals surface area (Å²) in [7, 11) is 4.47. The van der Waals surface area contributed by atoms with E-state index in [0.29, 0.717) is 28.9 Å². The first kappa shape index (κ1) is 27.8. The van der Waals surface area contributed by atoms with Crippen molar-refractivity contribution in [1.82, 2.24) is 5.32 Å². The van der Waals surface area contributed by atoms with E-state index in [-0.39, 0.29) is 16.9 Å². The molecule has 3 aromatic rings. The summed E-state index contributed by atoms with van der Waals surface area (Å²) in [6.45, 7) is 6.95. The molecule has 2 atom stereocenters. The molecule has 9 heteroatoms. The van der Waals surface area contributed by atoms with Gasteiger partial charge >= 0.3 is 5.97 Å². The van der Waals surface area contributed by atoms with E-state index in [4.69, 9.17) is 18.9 Å². The van der Waals surface area contributed by atoms with Crippen LogP contribution in [0.4, 0.5) is 5.00 Å². The third-order valence-electron chi connectivity index (χ3n) is 8.36. The topological polar surface area (TPSA) is 95.1 Å². The summed E-state index contributed by atoms with van der Waals surface area (Å²) >= 11 is 1.70. The Morgan fingerprint density at radius 1 is 1.05 bits per heavy atom. The highest BCUT2D eigenvalue weighted by molar-refractivity contribution is 7.16. The molecule has 2 N–H and O–H groups in total. The lowest BCUT2D eigenvalue weighted by molar-refractivity contribution is 0.0733. The number of ether oxygens (including phenoxy) is 4. The van der Waals surface area contributed by atoms with Crippen molar-refractivity contribution in [3.05, 3.63) is 63.5 Å². The average Bonchev–Trinajstić information content (AvgIpc) is 3.34. The Balaban J connectivity index is 1.35. The van der Waals surface area contributed by atoms with Crippen LogP contribution in [0.2, 0.25) is 0 Å². The zero-order valence-electron chi connectivity index (χ0n) is 23.8. The number of hydrogen-bond acceptors (Lipinski definition) is 8. The molecule has 1 aromatic heterocycles. The lowest BCUT2D eigenvalue weighted by Crippen LogP contribution is -2.38. The SMILES string of the molecule is CCC(C)(C)[C@@H]1CCc2c(sc3c2C(=O)N[C@@H](c2cccc(OC(=O)c4cc(OC)c(OC)c(OC)c4)c2)N3)C1. The number of carbonyl (C=O) groups excluding carboxylic acids is 2. The van der Waals surface area contributed by atoms with E-state index in [1.807, 2.05) is 6.07 Å².